The molecular weight excluding hydrogens is 248 g/mol. The number of rotatable bonds is 9. The summed E-state index contributed by atoms with van der Waals surface area (Å²) in [5.41, 5.74) is 0. The first-order chi connectivity index (χ1) is 9.01. The summed E-state index contributed by atoms with van der Waals surface area (Å²) < 4.78 is 4.56. The number of ether oxygens (including phenoxy) is 1. The van der Waals surface area contributed by atoms with Crippen LogP contribution in [0.4, 0.5) is 0 Å². The van der Waals surface area contributed by atoms with Crippen molar-refractivity contribution in [3.63, 3.8) is 0 Å². The zero-order valence-corrected chi connectivity index (χ0v) is 12.0. The van der Waals surface area contributed by atoms with Crippen molar-refractivity contribution in [2.24, 2.45) is 0 Å². The summed E-state index contributed by atoms with van der Waals surface area (Å²) in [4.78, 5) is 35.3. The van der Waals surface area contributed by atoms with E-state index in [1.807, 2.05) is 6.92 Å². The molecule has 0 rings (SSSR count). The second kappa shape index (κ2) is 10.3. The van der Waals surface area contributed by atoms with Gasteiger partial charge in [-0.25, -0.2) is 0 Å². The minimum absolute atomic E-state index is 0.0363. The summed E-state index contributed by atoms with van der Waals surface area (Å²) in [5.74, 6) is -0.369. The molecule has 0 aliphatic carbocycles. The Labute approximate surface area is 114 Å². The smallest absolute Gasteiger partial charge is 0.307 e. The molecule has 19 heavy (non-hydrogen) atoms. The molecule has 1 N–H and O–H groups in total. The molecule has 0 aromatic carbocycles. The topological polar surface area (TPSA) is 75.7 Å². The zero-order chi connectivity index (χ0) is 14.7. The van der Waals surface area contributed by atoms with E-state index in [0.29, 0.717) is 32.5 Å². The van der Waals surface area contributed by atoms with Crippen LogP contribution in [0.5, 0.6) is 0 Å². The summed E-state index contributed by atoms with van der Waals surface area (Å²) in [6.45, 7) is 4.83. The maximum Gasteiger partial charge on any atom is 0.307 e. The van der Waals surface area contributed by atoms with Gasteiger partial charge in [0, 0.05) is 33.0 Å². The molecule has 110 valence electrons. The molecule has 6 nitrogen and oxygen atoms in total. The van der Waals surface area contributed by atoms with Crippen LogP contribution in [0.1, 0.15) is 39.5 Å². The van der Waals surface area contributed by atoms with Gasteiger partial charge in [-0.3, -0.25) is 14.4 Å². The van der Waals surface area contributed by atoms with Gasteiger partial charge in [-0.05, 0) is 12.8 Å². The predicted molar refractivity (Wildman–Crippen MR) is 71.4 cm³/mol. The van der Waals surface area contributed by atoms with E-state index in [4.69, 9.17) is 0 Å². The highest BCUT2D eigenvalue weighted by Gasteiger charge is 2.14. The number of esters is 1. The molecular formula is C13H24N2O4. The zero-order valence-electron chi connectivity index (χ0n) is 12.0. The van der Waals surface area contributed by atoms with Crippen LogP contribution in [0.3, 0.4) is 0 Å². The van der Waals surface area contributed by atoms with Gasteiger partial charge in [0.15, 0.2) is 0 Å². The number of hydrogen-bond donors (Lipinski definition) is 1. The van der Waals surface area contributed by atoms with Crippen LogP contribution in [0.25, 0.3) is 0 Å². The molecule has 0 aromatic heterocycles. The Hall–Kier alpha value is -1.59. The Kier molecular flexibility index (Phi) is 9.48. The molecule has 0 unspecified atom stereocenters. The van der Waals surface area contributed by atoms with Gasteiger partial charge in [0.25, 0.3) is 0 Å². The Morgan fingerprint density at radius 1 is 1.16 bits per heavy atom. The molecule has 0 bridgehead atoms. The van der Waals surface area contributed by atoms with E-state index >= 15 is 0 Å². The third-order valence-corrected chi connectivity index (χ3v) is 2.61. The van der Waals surface area contributed by atoms with E-state index in [0.717, 1.165) is 6.42 Å². The molecule has 6 heteroatoms. The molecule has 0 heterocycles. The van der Waals surface area contributed by atoms with Crippen LogP contribution in [0.2, 0.25) is 0 Å². The first kappa shape index (κ1) is 17.4. The number of nitrogens with zero attached hydrogens (tertiary/aromatic N) is 1. The second-order valence-electron chi connectivity index (χ2n) is 4.29. The molecule has 0 atom stereocenters. The number of hydrogen-bond acceptors (Lipinski definition) is 4. The van der Waals surface area contributed by atoms with Gasteiger partial charge in [-0.2, -0.15) is 0 Å². The number of nitrogens with one attached hydrogen (secondary N) is 1. The number of amides is 2. The van der Waals surface area contributed by atoms with E-state index in [-0.39, 0.29) is 24.2 Å². The maximum absolute atomic E-state index is 11.9. The Balaban J connectivity index is 4.13. The van der Waals surface area contributed by atoms with Gasteiger partial charge >= 0.3 is 5.97 Å². The molecule has 0 saturated heterocycles. The van der Waals surface area contributed by atoms with Crippen molar-refractivity contribution in [1.29, 1.82) is 0 Å². The van der Waals surface area contributed by atoms with Gasteiger partial charge in [0.2, 0.25) is 11.8 Å². The summed E-state index contributed by atoms with van der Waals surface area (Å²) in [7, 11) is 1.33. The van der Waals surface area contributed by atoms with Crippen molar-refractivity contribution in [2.45, 2.75) is 39.5 Å². The van der Waals surface area contributed by atoms with Gasteiger partial charge in [-0.1, -0.05) is 6.92 Å². The first-order valence-electron chi connectivity index (χ1n) is 6.60. The molecule has 2 amide bonds. The Morgan fingerprint density at radius 2 is 1.84 bits per heavy atom. The lowest BCUT2D eigenvalue weighted by Crippen LogP contribution is -2.35. The average Bonchev–Trinajstić information content (AvgIpc) is 2.37. The van der Waals surface area contributed by atoms with Crippen molar-refractivity contribution in [1.82, 2.24) is 10.2 Å². The minimum atomic E-state index is -0.323. The normalized spacial score (nSPS) is 9.84. The van der Waals surface area contributed by atoms with Crippen LogP contribution in [0, 0.1) is 0 Å². The van der Waals surface area contributed by atoms with Crippen LogP contribution in [-0.2, 0) is 19.1 Å². The van der Waals surface area contributed by atoms with Crippen molar-refractivity contribution >= 4 is 17.8 Å². The van der Waals surface area contributed by atoms with E-state index in [1.165, 1.54) is 14.0 Å². The maximum atomic E-state index is 11.9. The van der Waals surface area contributed by atoms with Gasteiger partial charge in [0.05, 0.1) is 13.5 Å². The highest BCUT2D eigenvalue weighted by molar-refractivity contribution is 5.77. The van der Waals surface area contributed by atoms with E-state index in [9.17, 15) is 14.4 Å². The Bertz CT molecular complexity index is 305. The van der Waals surface area contributed by atoms with Crippen LogP contribution in [0.15, 0.2) is 0 Å². The number of methoxy groups -OCH3 is 1. The van der Waals surface area contributed by atoms with Gasteiger partial charge in [-0.15, -0.1) is 0 Å². The monoisotopic (exact) mass is 272 g/mol. The van der Waals surface area contributed by atoms with Crippen molar-refractivity contribution in [3.05, 3.63) is 0 Å². The molecule has 0 spiro atoms. The third kappa shape index (κ3) is 9.04. The lowest BCUT2D eigenvalue weighted by atomic mass is 10.2. The van der Waals surface area contributed by atoms with Crippen LogP contribution >= 0.6 is 0 Å². The largest absolute Gasteiger partial charge is 0.469 e. The first-order valence-corrected chi connectivity index (χ1v) is 6.60. The standard InChI is InChI=1S/C13H24N2O4/c1-4-6-12(17)15(10-7-13(18)19-3)9-5-8-14-11(2)16/h4-10H2,1-3H3,(H,14,16). The average molecular weight is 272 g/mol. The van der Waals surface area contributed by atoms with E-state index < -0.39 is 0 Å². The predicted octanol–water partition coefficient (Wildman–Crippen LogP) is 0.704. The van der Waals surface area contributed by atoms with Crippen molar-refractivity contribution < 1.29 is 19.1 Å². The van der Waals surface area contributed by atoms with Gasteiger partial charge < -0.3 is 15.0 Å². The molecule has 0 saturated carbocycles. The minimum Gasteiger partial charge on any atom is -0.469 e. The molecule has 0 aliphatic heterocycles. The number of carbonyl (C=O) groups is 3. The van der Waals surface area contributed by atoms with Gasteiger partial charge in [0.1, 0.15) is 0 Å². The number of carbonyl (C=O) groups excluding carboxylic acids is 3. The summed E-state index contributed by atoms with van der Waals surface area (Å²) in [6, 6.07) is 0. The molecule has 0 radical (unpaired) electrons. The fraction of sp³-hybridized carbons (Fsp3) is 0.769. The fourth-order valence-electron chi connectivity index (χ4n) is 1.60. The lowest BCUT2D eigenvalue weighted by Gasteiger charge is -2.22. The second-order valence-corrected chi connectivity index (χ2v) is 4.29. The fourth-order valence-corrected chi connectivity index (χ4v) is 1.60. The highest BCUT2D eigenvalue weighted by atomic mass is 16.5. The van der Waals surface area contributed by atoms with E-state index in [1.54, 1.807) is 4.90 Å². The Morgan fingerprint density at radius 3 is 2.37 bits per heavy atom. The summed E-state index contributed by atoms with van der Waals surface area (Å²) >= 11 is 0. The van der Waals surface area contributed by atoms with Crippen molar-refractivity contribution in [2.75, 3.05) is 26.7 Å². The van der Waals surface area contributed by atoms with E-state index in [2.05, 4.69) is 10.1 Å². The molecule has 0 aliphatic rings. The molecule has 0 aromatic rings. The quantitative estimate of drug-likeness (QED) is 0.495. The molecule has 0 fully saturated rings. The van der Waals surface area contributed by atoms with Crippen LogP contribution < -0.4 is 5.32 Å². The lowest BCUT2D eigenvalue weighted by molar-refractivity contribution is -0.141. The highest BCUT2D eigenvalue weighted by Crippen LogP contribution is 2.01. The van der Waals surface area contributed by atoms with Crippen molar-refractivity contribution in [3.8, 4) is 0 Å². The third-order valence-electron chi connectivity index (χ3n) is 2.61. The summed E-state index contributed by atoms with van der Waals surface area (Å²) in [5, 5.41) is 2.68. The SMILES string of the molecule is CCCC(=O)N(CCCNC(C)=O)CCC(=O)OC. The summed E-state index contributed by atoms with van der Waals surface area (Å²) in [6.07, 6.45) is 2.13. The van der Waals surface area contributed by atoms with Crippen LogP contribution in [-0.4, -0.2) is 49.4 Å².